The van der Waals surface area contributed by atoms with E-state index < -0.39 is 0 Å². The Morgan fingerprint density at radius 2 is 1.53 bits per heavy atom. The molecule has 6 rings (SSSR count). The van der Waals surface area contributed by atoms with E-state index >= 15 is 0 Å². The number of fused-ring (bicyclic) bond motifs is 3. The van der Waals surface area contributed by atoms with Crippen LogP contribution in [0.1, 0.15) is 42.4 Å². The summed E-state index contributed by atoms with van der Waals surface area (Å²) in [4.78, 5) is 24.3. The summed E-state index contributed by atoms with van der Waals surface area (Å²) in [6.45, 7) is 0. The minimum absolute atomic E-state index is 0.0552. The van der Waals surface area contributed by atoms with Gasteiger partial charge in [-0.3, -0.25) is 4.79 Å². The van der Waals surface area contributed by atoms with Crippen LogP contribution in [-0.2, 0) is 6.42 Å². The highest BCUT2D eigenvalue weighted by Crippen LogP contribution is 2.55. The van der Waals surface area contributed by atoms with Crippen molar-refractivity contribution < 1.29 is 4.79 Å². The first-order chi connectivity index (χ1) is 17.7. The monoisotopic (exact) mass is 525 g/mol. The van der Waals surface area contributed by atoms with Crippen LogP contribution in [0.4, 0.5) is 5.82 Å². The maximum Gasteiger partial charge on any atom is 0.191 e. The number of thiophene rings is 1. The SMILES string of the molecule is Nc1nc(SCC(=O)c2ccccc2)nc2sc3c(c12)C[C@@H](c1ccccc1)S[C@@H]3c1ccccc1. The molecule has 2 atom stereocenters. The molecular formula is C29H23N3OS3. The first-order valence-corrected chi connectivity index (χ1v) is 14.5. The van der Waals surface area contributed by atoms with E-state index in [4.69, 9.17) is 10.7 Å². The smallest absolute Gasteiger partial charge is 0.191 e. The maximum absolute atomic E-state index is 12.6. The van der Waals surface area contributed by atoms with Gasteiger partial charge in [0.15, 0.2) is 10.9 Å². The summed E-state index contributed by atoms with van der Waals surface area (Å²) < 4.78 is 0. The number of Topliss-reactive ketones (excluding diaryl/α,β-unsaturated/α-hetero) is 1. The van der Waals surface area contributed by atoms with E-state index in [9.17, 15) is 4.79 Å². The molecule has 0 unspecified atom stereocenters. The molecule has 0 aliphatic carbocycles. The van der Waals surface area contributed by atoms with Crippen LogP contribution in [0.2, 0.25) is 0 Å². The number of carbonyl (C=O) groups excluding carboxylic acids is 1. The molecule has 3 heterocycles. The number of nitrogen functional groups attached to an aromatic ring is 1. The average molecular weight is 526 g/mol. The van der Waals surface area contributed by atoms with Crippen LogP contribution in [0.25, 0.3) is 10.2 Å². The Morgan fingerprint density at radius 3 is 2.22 bits per heavy atom. The molecule has 0 fully saturated rings. The van der Waals surface area contributed by atoms with E-state index in [-0.39, 0.29) is 16.8 Å². The van der Waals surface area contributed by atoms with Gasteiger partial charge < -0.3 is 5.73 Å². The second-order valence-corrected chi connectivity index (χ2v) is 11.9. The maximum atomic E-state index is 12.6. The van der Waals surface area contributed by atoms with Gasteiger partial charge in [0.25, 0.3) is 0 Å². The number of hydrogen-bond donors (Lipinski definition) is 1. The first-order valence-electron chi connectivity index (χ1n) is 11.7. The molecule has 7 heteroatoms. The van der Waals surface area contributed by atoms with Gasteiger partial charge >= 0.3 is 0 Å². The lowest BCUT2D eigenvalue weighted by molar-refractivity contribution is 0.102. The van der Waals surface area contributed by atoms with E-state index in [1.54, 1.807) is 11.3 Å². The van der Waals surface area contributed by atoms with Gasteiger partial charge in [-0.1, -0.05) is 103 Å². The molecular weight excluding hydrogens is 503 g/mol. The second kappa shape index (κ2) is 10.1. The van der Waals surface area contributed by atoms with Crippen molar-refractivity contribution in [3.05, 3.63) is 118 Å². The number of rotatable bonds is 6. The van der Waals surface area contributed by atoms with Crippen molar-refractivity contribution in [1.82, 2.24) is 9.97 Å². The van der Waals surface area contributed by atoms with Crippen molar-refractivity contribution in [1.29, 1.82) is 0 Å². The molecule has 36 heavy (non-hydrogen) atoms. The van der Waals surface area contributed by atoms with Gasteiger partial charge in [-0.2, -0.15) is 0 Å². The first kappa shape index (κ1) is 23.3. The Morgan fingerprint density at radius 1 is 0.889 bits per heavy atom. The molecule has 0 bridgehead atoms. The van der Waals surface area contributed by atoms with Crippen LogP contribution < -0.4 is 5.73 Å². The number of nitrogens with zero attached hydrogens (tertiary/aromatic N) is 2. The fourth-order valence-corrected chi connectivity index (χ4v) is 8.40. The van der Waals surface area contributed by atoms with Crippen molar-refractivity contribution in [2.24, 2.45) is 0 Å². The average Bonchev–Trinajstić information content (AvgIpc) is 3.31. The zero-order valence-electron chi connectivity index (χ0n) is 19.3. The van der Waals surface area contributed by atoms with Crippen LogP contribution >= 0.6 is 34.9 Å². The molecule has 0 spiro atoms. The molecule has 0 radical (unpaired) electrons. The molecule has 3 aromatic carbocycles. The Balaban J connectivity index is 1.37. The van der Waals surface area contributed by atoms with Crippen molar-refractivity contribution in [3.8, 4) is 0 Å². The van der Waals surface area contributed by atoms with Gasteiger partial charge in [0.2, 0.25) is 0 Å². The van der Waals surface area contributed by atoms with Gasteiger partial charge in [-0.15, -0.1) is 23.1 Å². The quantitative estimate of drug-likeness (QED) is 0.142. The number of ketones is 1. The zero-order valence-corrected chi connectivity index (χ0v) is 21.8. The third kappa shape index (κ3) is 4.54. The summed E-state index contributed by atoms with van der Waals surface area (Å²) >= 11 is 5.04. The lowest BCUT2D eigenvalue weighted by Crippen LogP contribution is -2.12. The molecule has 0 saturated carbocycles. The number of carbonyl (C=O) groups is 1. The second-order valence-electron chi connectivity index (χ2n) is 8.62. The predicted molar refractivity (Wildman–Crippen MR) is 152 cm³/mol. The van der Waals surface area contributed by atoms with E-state index in [0.717, 1.165) is 16.6 Å². The lowest BCUT2D eigenvalue weighted by Gasteiger charge is -2.30. The number of nitrogens with two attached hydrogens (primary N) is 1. The summed E-state index contributed by atoms with van der Waals surface area (Å²) in [6, 6.07) is 30.7. The molecule has 2 aromatic heterocycles. The zero-order chi connectivity index (χ0) is 24.5. The topological polar surface area (TPSA) is 68.9 Å². The Hall–Kier alpha value is -3.13. The summed E-state index contributed by atoms with van der Waals surface area (Å²) in [6.07, 6.45) is 0.889. The summed E-state index contributed by atoms with van der Waals surface area (Å²) in [5.74, 6) is 0.829. The van der Waals surface area contributed by atoms with E-state index in [1.165, 1.54) is 33.3 Å². The summed E-state index contributed by atoms with van der Waals surface area (Å²) in [5.41, 5.74) is 11.1. The Bertz CT molecular complexity index is 1520. The Kier molecular flexibility index (Phi) is 6.52. The third-order valence-electron chi connectivity index (χ3n) is 6.32. The molecule has 4 nitrogen and oxygen atoms in total. The van der Waals surface area contributed by atoms with E-state index in [0.29, 0.717) is 21.8 Å². The predicted octanol–water partition coefficient (Wildman–Crippen LogP) is 7.37. The number of anilines is 1. The molecule has 0 saturated heterocycles. The highest BCUT2D eigenvalue weighted by molar-refractivity contribution is 8.00. The van der Waals surface area contributed by atoms with Gasteiger partial charge in [-0.25, -0.2) is 9.97 Å². The molecule has 0 amide bonds. The van der Waals surface area contributed by atoms with Crippen molar-refractivity contribution in [2.75, 3.05) is 11.5 Å². The number of hydrogen-bond acceptors (Lipinski definition) is 7. The Labute approximate surface area is 222 Å². The molecule has 5 aromatic rings. The van der Waals surface area contributed by atoms with Crippen molar-refractivity contribution in [3.63, 3.8) is 0 Å². The summed E-state index contributed by atoms with van der Waals surface area (Å²) in [5, 5.41) is 2.04. The van der Waals surface area contributed by atoms with Crippen LogP contribution in [0, 0.1) is 0 Å². The van der Waals surface area contributed by atoms with Crippen LogP contribution in [-0.4, -0.2) is 21.5 Å². The van der Waals surface area contributed by atoms with Crippen LogP contribution in [0.15, 0.2) is 96.2 Å². The minimum atomic E-state index is 0.0552. The summed E-state index contributed by atoms with van der Waals surface area (Å²) in [7, 11) is 0. The molecule has 1 aliphatic heterocycles. The van der Waals surface area contributed by atoms with Gasteiger partial charge in [0.05, 0.1) is 16.4 Å². The minimum Gasteiger partial charge on any atom is -0.383 e. The molecule has 178 valence electrons. The fraction of sp³-hybridized carbons (Fsp3) is 0.138. The van der Waals surface area contributed by atoms with Crippen LogP contribution in [0.3, 0.4) is 0 Å². The highest BCUT2D eigenvalue weighted by Gasteiger charge is 2.34. The van der Waals surface area contributed by atoms with Crippen molar-refractivity contribution >= 4 is 56.7 Å². The number of benzene rings is 3. The van der Waals surface area contributed by atoms with Crippen LogP contribution in [0.5, 0.6) is 0 Å². The highest BCUT2D eigenvalue weighted by atomic mass is 32.2. The van der Waals surface area contributed by atoms with Crippen molar-refractivity contribution in [2.45, 2.75) is 22.1 Å². The molecule has 1 aliphatic rings. The number of aromatic nitrogens is 2. The lowest BCUT2D eigenvalue weighted by atomic mass is 9.98. The van der Waals surface area contributed by atoms with Gasteiger partial charge in [0.1, 0.15) is 10.6 Å². The van der Waals surface area contributed by atoms with E-state index in [2.05, 4.69) is 65.6 Å². The number of thioether (sulfide) groups is 2. The van der Waals surface area contributed by atoms with Gasteiger partial charge in [0, 0.05) is 15.7 Å². The van der Waals surface area contributed by atoms with E-state index in [1.807, 2.05) is 42.1 Å². The normalized spacial score (nSPS) is 17.1. The third-order valence-corrected chi connectivity index (χ3v) is 10.1. The fourth-order valence-electron chi connectivity index (χ4n) is 4.58. The van der Waals surface area contributed by atoms with Gasteiger partial charge in [-0.05, 0) is 23.1 Å². The standard InChI is InChI=1S/C29H23N3OS3/c30-27-24-21-16-23(19-12-6-2-7-13-19)35-25(20-14-8-3-9-15-20)26(21)36-28(24)32-29(31-27)34-17-22(33)18-10-4-1-5-11-18/h1-15,23,25H,16-17H2,(H2,30,31,32)/t23-,25+/m0/s1. The largest absolute Gasteiger partial charge is 0.383 e. The molecule has 2 N–H and O–H groups in total.